The van der Waals surface area contributed by atoms with E-state index >= 15 is 0 Å². The lowest BCUT2D eigenvalue weighted by molar-refractivity contribution is -0.127. The largest absolute Gasteiger partial charge is 0.480 e. The molecule has 0 saturated heterocycles. The van der Waals surface area contributed by atoms with Gasteiger partial charge in [0.1, 0.15) is 9.96 Å². The van der Waals surface area contributed by atoms with Gasteiger partial charge in [0.15, 0.2) is 6.10 Å². The van der Waals surface area contributed by atoms with Crippen molar-refractivity contribution in [2.45, 2.75) is 31.1 Å². The number of nitrogens with one attached hydrogen (secondary N) is 2. The first-order valence-electron chi connectivity index (χ1n) is 6.99. The molecule has 0 fully saturated rings. The second-order valence-electron chi connectivity index (χ2n) is 5.16. The molecule has 1 amide bonds. The smallest absolute Gasteiger partial charge is 0.275 e. The summed E-state index contributed by atoms with van der Waals surface area (Å²) < 4.78 is 29.7. The molecule has 0 bridgehead atoms. The molecule has 0 saturated carbocycles. The maximum atomic E-state index is 12.1. The summed E-state index contributed by atoms with van der Waals surface area (Å²) in [6, 6.07) is 6.51. The number of hydrogen-bond donors (Lipinski definition) is 2. The number of ether oxygens (including phenoxy) is 1. The third-order valence-corrected chi connectivity index (χ3v) is 6.02. The number of benzene rings is 1. The van der Waals surface area contributed by atoms with Crippen molar-refractivity contribution in [3.05, 3.63) is 45.8 Å². The highest BCUT2D eigenvalue weighted by Gasteiger charge is 2.21. The molecule has 6 nitrogen and oxygen atoms in total. The van der Waals surface area contributed by atoms with Crippen molar-refractivity contribution in [1.29, 1.82) is 0 Å². The fraction of sp³-hybridized carbons (Fsp3) is 0.267. The van der Waals surface area contributed by atoms with Crippen LogP contribution in [0.5, 0.6) is 5.75 Å². The lowest BCUT2D eigenvalue weighted by atomic mass is 10.1. The minimum atomic E-state index is -3.78. The maximum Gasteiger partial charge on any atom is 0.275 e. The second kappa shape index (κ2) is 7.52. The van der Waals surface area contributed by atoms with Crippen LogP contribution < -0.4 is 15.0 Å². The van der Waals surface area contributed by atoms with E-state index in [0.29, 0.717) is 10.8 Å². The Labute approximate surface area is 149 Å². The first-order chi connectivity index (χ1) is 11.2. The van der Waals surface area contributed by atoms with E-state index in [1.807, 2.05) is 18.7 Å². The Bertz CT molecular complexity index is 812. The number of carbonyl (C=O) groups is 1. The Morgan fingerprint density at radius 2 is 1.92 bits per heavy atom. The van der Waals surface area contributed by atoms with Crippen molar-refractivity contribution in [2.24, 2.45) is 0 Å². The minimum Gasteiger partial charge on any atom is -0.480 e. The first-order valence-corrected chi connectivity index (χ1v) is 9.73. The van der Waals surface area contributed by atoms with Crippen LogP contribution in [0.3, 0.4) is 0 Å². The Balaban J connectivity index is 2.01. The molecule has 0 aliphatic carbocycles. The molecule has 0 aliphatic rings. The van der Waals surface area contributed by atoms with Crippen LogP contribution in [0, 0.1) is 13.8 Å². The summed E-state index contributed by atoms with van der Waals surface area (Å²) in [5, 5.41) is 2.21. The average molecular weight is 389 g/mol. The van der Waals surface area contributed by atoms with Crippen molar-refractivity contribution < 1.29 is 17.9 Å². The highest BCUT2D eigenvalue weighted by molar-refractivity contribution is 7.91. The molecule has 24 heavy (non-hydrogen) atoms. The molecule has 130 valence electrons. The number of halogens is 1. The summed E-state index contributed by atoms with van der Waals surface area (Å²) in [5.41, 5.74) is 3.74. The maximum absolute atomic E-state index is 12.1. The summed E-state index contributed by atoms with van der Waals surface area (Å²) >= 11 is 7.01. The van der Waals surface area contributed by atoms with Crippen LogP contribution >= 0.6 is 22.9 Å². The van der Waals surface area contributed by atoms with Crippen LogP contribution in [0.25, 0.3) is 0 Å². The number of hydrogen-bond acceptors (Lipinski definition) is 5. The number of hydrazine groups is 1. The standard InChI is InChI=1S/C15H17ClN2O4S2/c1-9-7-12(16)8-10(2)14(9)22-11(3)15(19)17-18-24(20,21)13-5-4-6-23-13/h4-8,11,18H,1-3H3,(H,17,19). The number of carbonyl (C=O) groups excluding carboxylic acids is 1. The van der Waals surface area contributed by atoms with Gasteiger partial charge in [-0.05, 0) is 55.5 Å². The summed E-state index contributed by atoms with van der Waals surface area (Å²) in [4.78, 5) is 14.1. The first kappa shape index (κ1) is 18.7. The summed E-state index contributed by atoms with van der Waals surface area (Å²) in [5.74, 6) is -0.0629. The van der Waals surface area contributed by atoms with Gasteiger partial charge in [0.05, 0.1) is 0 Å². The molecule has 1 heterocycles. The number of thiophene rings is 1. The Morgan fingerprint density at radius 1 is 1.29 bits per heavy atom. The van der Waals surface area contributed by atoms with Crippen LogP contribution in [-0.2, 0) is 14.8 Å². The van der Waals surface area contributed by atoms with E-state index in [2.05, 4.69) is 5.43 Å². The Morgan fingerprint density at radius 3 is 2.46 bits per heavy atom. The molecule has 2 rings (SSSR count). The zero-order valence-electron chi connectivity index (χ0n) is 13.3. The highest BCUT2D eigenvalue weighted by Crippen LogP contribution is 2.27. The lowest BCUT2D eigenvalue weighted by Crippen LogP contribution is -2.47. The third kappa shape index (κ3) is 4.47. The normalized spacial score (nSPS) is 12.7. The Hall–Kier alpha value is -1.61. The molecule has 1 aromatic carbocycles. The fourth-order valence-corrected chi connectivity index (χ4v) is 4.17. The van der Waals surface area contributed by atoms with Gasteiger partial charge in [0, 0.05) is 5.02 Å². The molecule has 0 radical (unpaired) electrons. The number of sulfonamides is 1. The van der Waals surface area contributed by atoms with E-state index in [0.717, 1.165) is 22.5 Å². The van der Waals surface area contributed by atoms with Gasteiger partial charge in [-0.3, -0.25) is 10.2 Å². The van der Waals surface area contributed by atoms with E-state index in [9.17, 15) is 13.2 Å². The molecule has 1 aromatic heterocycles. The highest BCUT2D eigenvalue weighted by atomic mass is 35.5. The molecule has 1 unspecified atom stereocenters. The van der Waals surface area contributed by atoms with Crippen molar-refractivity contribution in [3.63, 3.8) is 0 Å². The number of aryl methyl sites for hydroxylation is 2. The second-order valence-corrected chi connectivity index (χ2v) is 8.45. The van der Waals surface area contributed by atoms with Crippen LogP contribution in [0.2, 0.25) is 5.02 Å². The van der Waals surface area contributed by atoms with Gasteiger partial charge in [-0.25, -0.2) is 8.42 Å². The average Bonchev–Trinajstić information content (AvgIpc) is 3.03. The monoisotopic (exact) mass is 388 g/mol. The van der Waals surface area contributed by atoms with Crippen LogP contribution in [-0.4, -0.2) is 20.4 Å². The van der Waals surface area contributed by atoms with E-state index in [4.69, 9.17) is 16.3 Å². The van der Waals surface area contributed by atoms with Gasteiger partial charge >= 0.3 is 0 Å². The number of rotatable bonds is 6. The molecular formula is C15H17ClN2O4S2. The molecular weight excluding hydrogens is 372 g/mol. The van der Waals surface area contributed by atoms with E-state index in [1.165, 1.54) is 13.0 Å². The third-order valence-electron chi connectivity index (χ3n) is 3.16. The topological polar surface area (TPSA) is 84.5 Å². The fourth-order valence-electron chi connectivity index (χ4n) is 2.00. The summed E-state index contributed by atoms with van der Waals surface area (Å²) in [6.07, 6.45) is -0.894. The predicted molar refractivity (Wildman–Crippen MR) is 93.8 cm³/mol. The molecule has 0 aliphatic heterocycles. The van der Waals surface area contributed by atoms with Gasteiger partial charge < -0.3 is 4.74 Å². The van der Waals surface area contributed by atoms with Gasteiger partial charge in [-0.1, -0.05) is 17.7 Å². The van der Waals surface area contributed by atoms with Crippen molar-refractivity contribution in [3.8, 4) is 5.75 Å². The van der Waals surface area contributed by atoms with Gasteiger partial charge in [-0.15, -0.1) is 16.2 Å². The van der Waals surface area contributed by atoms with Crippen molar-refractivity contribution >= 4 is 38.9 Å². The van der Waals surface area contributed by atoms with E-state index < -0.39 is 22.0 Å². The predicted octanol–water partition coefficient (Wildman–Crippen LogP) is 2.80. The van der Waals surface area contributed by atoms with E-state index in [1.54, 1.807) is 23.6 Å². The molecule has 1 atom stereocenters. The minimum absolute atomic E-state index is 0.112. The van der Waals surface area contributed by atoms with Gasteiger partial charge in [0.25, 0.3) is 15.9 Å². The van der Waals surface area contributed by atoms with Crippen molar-refractivity contribution in [1.82, 2.24) is 10.3 Å². The molecule has 2 aromatic rings. The van der Waals surface area contributed by atoms with Gasteiger partial charge in [0.2, 0.25) is 0 Å². The SMILES string of the molecule is Cc1cc(Cl)cc(C)c1OC(C)C(=O)NNS(=O)(=O)c1cccs1. The molecule has 9 heteroatoms. The van der Waals surface area contributed by atoms with E-state index in [-0.39, 0.29) is 4.21 Å². The zero-order chi connectivity index (χ0) is 17.9. The zero-order valence-corrected chi connectivity index (χ0v) is 15.7. The summed E-state index contributed by atoms with van der Waals surface area (Å²) in [6.45, 7) is 5.17. The summed E-state index contributed by atoms with van der Waals surface area (Å²) in [7, 11) is -3.78. The quantitative estimate of drug-likeness (QED) is 0.745. The molecule has 0 spiro atoms. The number of amides is 1. The van der Waals surface area contributed by atoms with Crippen LogP contribution in [0.1, 0.15) is 18.1 Å². The van der Waals surface area contributed by atoms with Gasteiger partial charge in [-0.2, -0.15) is 0 Å². The van der Waals surface area contributed by atoms with Crippen LogP contribution in [0.15, 0.2) is 33.9 Å². The Kier molecular flexibility index (Phi) is 5.87. The van der Waals surface area contributed by atoms with Crippen molar-refractivity contribution in [2.75, 3.05) is 0 Å². The van der Waals surface area contributed by atoms with Crippen LogP contribution in [0.4, 0.5) is 0 Å². The molecule has 2 N–H and O–H groups in total. The lowest BCUT2D eigenvalue weighted by Gasteiger charge is -2.18.